The molecule has 24 heavy (non-hydrogen) atoms. The molecule has 5 nitrogen and oxygen atoms in total. The van der Waals surface area contributed by atoms with Gasteiger partial charge in [-0.25, -0.2) is 14.0 Å². The van der Waals surface area contributed by atoms with Crippen molar-refractivity contribution in [2.24, 2.45) is 0 Å². The molecule has 2 aromatic rings. The fraction of sp³-hybridized carbons (Fsp3) is 0.222. The molecular formula is C18H18FNO4. The monoisotopic (exact) mass is 331 g/mol. The summed E-state index contributed by atoms with van der Waals surface area (Å²) in [5, 5.41) is 22.0. The topological polar surface area (TPSA) is 86.6 Å². The number of hydrogen-bond donors (Lipinski definition) is 3. The summed E-state index contributed by atoms with van der Waals surface area (Å²) in [6.07, 6.45) is 0.451. The quantitative estimate of drug-likeness (QED) is 0.766. The number of carbonyl (C=O) groups is 2. The Bertz CT molecular complexity index is 813. The third kappa shape index (κ3) is 3.08. The lowest BCUT2D eigenvalue weighted by Crippen LogP contribution is -2.16. The second kappa shape index (κ2) is 6.70. The third-order valence-electron chi connectivity index (χ3n) is 4.09. The van der Waals surface area contributed by atoms with Crippen LogP contribution in [0.1, 0.15) is 44.3 Å². The molecule has 0 fully saturated rings. The van der Waals surface area contributed by atoms with E-state index in [1.165, 1.54) is 24.3 Å². The van der Waals surface area contributed by atoms with E-state index < -0.39 is 17.8 Å². The van der Waals surface area contributed by atoms with Gasteiger partial charge in [0.1, 0.15) is 5.82 Å². The summed E-state index contributed by atoms with van der Waals surface area (Å²) < 4.78 is 13.1. The van der Waals surface area contributed by atoms with E-state index in [1.807, 2.05) is 6.92 Å². The Balaban J connectivity index is 2.79. The highest BCUT2D eigenvalue weighted by Gasteiger charge is 2.26. The lowest BCUT2D eigenvalue weighted by atomic mass is 9.89. The zero-order chi connectivity index (χ0) is 18.0. The number of rotatable bonds is 5. The first kappa shape index (κ1) is 17.5. The number of carboxylic acids is 2. The van der Waals surface area contributed by atoms with Crippen molar-refractivity contribution in [3.8, 4) is 0 Å². The van der Waals surface area contributed by atoms with Crippen LogP contribution >= 0.6 is 0 Å². The highest BCUT2D eigenvalue weighted by molar-refractivity contribution is 6.06. The van der Waals surface area contributed by atoms with Crippen LogP contribution in [-0.2, 0) is 6.42 Å². The van der Waals surface area contributed by atoms with Gasteiger partial charge in [0.25, 0.3) is 0 Å². The maximum atomic E-state index is 13.1. The van der Waals surface area contributed by atoms with Gasteiger partial charge < -0.3 is 15.5 Å². The Kier molecular flexibility index (Phi) is 4.87. The van der Waals surface area contributed by atoms with Gasteiger partial charge in [0.05, 0.1) is 16.8 Å². The Labute approximate surface area is 138 Å². The van der Waals surface area contributed by atoms with E-state index in [-0.39, 0.29) is 16.8 Å². The average Bonchev–Trinajstić information content (AvgIpc) is 2.51. The number of carboxylic acid groups (broad SMARTS) is 2. The number of benzene rings is 2. The minimum atomic E-state index is -1.22. The molecule has 2 rings (SSSR count). The lowest BCUT2D eigenvalue weighted by molar-refractivity contribution is 0.0695. The van der Waals surface area contributed by atoms with Crippen LogP contribution in [0.3, 0.4) is 0 Å². The number of halogens is 1. The number of aromatic carboxylic acids is 2. The standard InChI is InChI=1S/C18H18FNO4/c1-4-13-9(2)10(3)14(17(21)22)16(15(13)18(23)24)20-12-7-5-11(19)6-8-12/h5-8,20H,4H2,1-3H3,(H,21,22)(H,23,24). The minimum Gasteiger partial charge on any atom is -0.478 e. The van der Waals surface area contributed by atoms with Crippen molar-refractivity contribution in [3.63, 3.8) is 0 Å². The smallest absolute Gasteiger partial charge is 0.338 e. The highest BCUT2D eigenvalue weighted by Crippen LogP contribution is 2.34. The van der Waals surface area contributed by atoms with E-state index in [9.17, 15) is 24.2 Å². The molecule has 0 aromatic heterocycles. The molecule has 0 radical (unpaired) electrons. The molecule has 0 amide bonds. The van der Waals surface area contributed by atoms with Gasteiger partial charge in [-0.15, -0.1) is 0 Å². The second-order valence-corrected chi connectivity index (χ2v) is 5.45. The number of anilines is 2. The van der Waals surface area contributed by atoms with E-state index in [1.54, 1.807) is 13.8 Å². The summed E-state index contributed by atoms with van der Waals surface area (Å²) in [5.41, 5.74) is 2.00. The van der Waals surface area contributed by atoms with Crippen molar-refractivity contribution in [1.82, 2.24) is 0 Å². The van der Waals surface area contributed by atoms with Crippen LogP contribution in [0.15, 0.2) is 24.3 Å². The van der Waals surface area contributed by atoms with Gasteiger partial charge in [-0.1, -0.05) is 6.92 Å². The van der Waals surface area contributed by atoms with Crippen molar-refractivity contribution < 1.29 is 24.2 Å². The molecule has 0 saturated carbocycles. The van der Waals surface area contributed by atoms with E-state index in [0.717, 1.165) is 0 Å². The van der Waals surface area contributed by atoms with Crippen LogP contribution in [-0.4, -0.2) is 22.2 Å². The largest absolute Gasteiger partial charge is 0.478 e. The van der Waals surface area contributed by atoms with E-state index in [4.69, 9.17) is 0 Å². The third-order valence-corrected chi connectivity index (χ3v) is 4.09. The van der Waals surface area contributed by atoms with E-state index >= 15 is 0 Å². The Morgan fingerprint density at radius 1 is 1.00 bits per heavy atom. The summed E-state index contributed by atoms with van der Waals surface area (Å²) in [4.78, 5) is 23.5. The molecule has 0 spiro atoms. The maximum absolute atomic E-state index is 13.1. The molecule has 0 aliphatic carbocycles. The van der Waals surface area contributed by atoms with E-state index in [2.05, 4.69) is 5.32 Å². The number of hydrogen-bond acceptors (Lipinski definition) is 3. The number of nitrogens with one attached hydrogen (secondary N) is 1. The SMILES string of the molecule is CCc1c(C)c(C)c(C(=O)O)c(Nc2ccc(F)cc2)c1C(=O)O. The summed E-state index contributed by atoms with van der Waals surface area (Å²) in [6, 6.07) is 5.27. The normalized spacial score (nSPS) is 10.5. The minimum absolute atomic E-state index is 0.0153. The molecule has 0 aliphatic heterocycles. The van der Waals surface area contributed by atoms with Gasteiger partial charge in [0, 0.05) is 5.69 Å². The Morgan fingerprint density at radius 2 is 1.54 bits per heavy atom. The molecule has 126 valence electrons. The highest BCUT2D eigenvalue weighted by atomic mass is 19.1. The van der Waals surface area contributed by atoms with Crippen molar-refractivity contribution in [1.29, 1.82) is 0 Å². The van der Waals surface area contributed by atoms with Gasteiger partial charge in [0.15, 0.2) is 0 Å². The van der Waals surface area contributed by atoms with Crippen molar-refractivity contribution in [2.45, 2.75) is 27.2 Å². The molecule has 2 aromatic carbocycles. The Morgan fingerprint density at radius 3 is 2.00 bits per heavy atom. The summed E-state index contributed by atoms with van der Waals surface area (Å²) >= 11 is 0. The van der Waals surface area contributed by atoms with Crippen LogP contribution in [0.2, 0.25) is 0 Å². The first-order chi connectivity index (χ1) is 11.3. The van der Waals surface area contributed by atoms with Crippen molar-refractivity contribution in [2.75, 3.05) is 5.32 Å². The van der Waals surface area contributed by atoms with Gasteiger partial charge in [-0.3, -0.25) is 0 Å². The van der Waals surface area contributed by atoms with Crippen LogP contribution in [0.25, 0.3) is 0 Å². The van der Waals surface area contributed by atoms with Gasteiger partial charge in [-0.05, 0) is 61.2 Å². The van der Waals surface area contributed by atoms with Gasteiger partial charge in [0.2, 0.25) is 0 Å². The molecule has 3 N–H and O–H groups in total. The predicted octanol–water partition coefficient (Wildman–Crippen LogP) is 4.14. The lowest BCUT2D eigenvalue weighted by Gasteiger charge is -2.20. The molecule has 0 saturated heterocycles. The summed E-state index contributed by atoms with van der Waals surface area (Å²) in [5.74, 6) is -2.86. The Hall–Kier alpha value is -2.89. The fourth-order valence-electron chi connectivity index (χ4n) is 2.81. The molecule has 0 heterocycles. The molecule has 6 heteroatoms. The van der Waals surface area contributed by atoms with Crippen molar-refractivity contribution in [3.05, 3.63) is 57.9 Å². The summed E-state index contributed by atoms with van der Waals surface area (Å²) in [6.45, 7) is 5.18. The first-order valence-corrected chi connectivity index (χ1v) is 7.43. The predicted molar refractivity (Wildman–Crippen MR) is 88.9 cm³/mol. The first-order valence-electron chi connectivity index (χ1n) is 7.43. The average molecular weight is 331 g/mol. The van der Waals surface area contributed by atoms with Crippen molar-refractivity contribution >= 4 is 23.3 Å². The van der Waals surface area contributed by atoms with Gasteiger partial charge in [-0.2, -0.15) is 0 Å². The molecule has 0 atom stereocenters. The fourth-order valence-corrected chi connectivity index (χ4v) is 2.81. The molecular weight excluding hydrogens is 313 g/mol. The summed E-state index contributed by atoms with van der Waals surface area (Å²) in [7, 11) is 0. The van der Waals surface area contributed by atoms with Gasteiger partial charge >= 0.3 is 11.9 Å². The zero-order valence-electron chi connectivity index (χ0n) is 13.6. The van der Waals surface area contributed by atoms with Crippen LogP contribution in [0.5, 0.6) is 0 Å². The maximum Gasteiger partial charge on any atom is 0.338 e. The molecule has 0 aliphatic rings. The molecule has 0 unspecified atom stereocenters. The zero-order valence-corrected chi connectivity index (χ0v) is 13.6. The molecule has 0 bridgehead atoms. The van der Waals surface area contributed by atoms with Crippen LogP contribution in [0.4, 0.5) is 15.8 Å². The van der Waals surface area contributed by atoms with Crippen LogP contribution < -0.4 is 5.32 Å². The van der Waals surface area contributed by atoms with E-state index in [0.29, 0.717) is 28.8 Å². The van der Waals surface area contributed by atoms with Crippen LogP contribution in [0, 0.1) is 19.7 Å². The second-order valence-electron chi connectivity index (χ2n) is 5.45.